The summed E-state index contributed by atoms with van der Waals surface area (Å²) in [5.74, 6) is 0.698. The summed E-state index contributed by atoms with van der Waals surface area (Å²) in [6.45, 7) is 2.02. The number of hydrogen-bond donors (Lipinski definition) is 0. The van der Waals surface area contributed by atoms with Crippen LogP contribution in [0, 0.1) is 6.92 Å². The van der Waals surface area contributed by atoms with Crippen LogP contribution in [0.15, 0.2) is 40.0 Å². The van der Waals surface area contributed by atoms with Crippen molar-refractivity contribution in [3.05, 3.63) is 46.5 Å². The van der Waals surface area contributed by atoms with Crippen LogP contribution in [0.3, 0.4) is 0 Å². The van der Waals surface area contributed by atoms with Gasteiger partial charge in [0.25, 0.3) is 0 Å². The fourth-order valence-corrected chi connectivity index (χ4v) is 3.74. The van der Waals surface area contributed by atoms with E-state index in [1.165, 1.54) is 4.31 Å². The minimum absolute atomic E-state index is 0.234. The van der Waals surface area contributed by atoms with E-state index in [0.29, 0.717) is 10.7 Å². The van der Waals surface area contributed by atoms with E-state index in [4.69, 9.17) is 0 Å². The van der Waals surface area contributed by atoms with E-state index in [1.807, 2.05) is 13.1 Å². The highest BCUT2D eigenvalue weighted by Crippen LogP contribution is 2.23. The van der Waals surface area contributed by atoms with Crippen LogP contribution in [-0.4, -0.2) is 29.3 Å². The van der Waals surface area contributed by atoms with Crippen LogP contribution in [0.25, 0.3) is 0 Å². The maximum Gasteiger partial charge on any atom is 0.243 e. The van der Waals surface area contributed by atoms with Gasteiger partial charge in [-0.3, -0.25) is 0 Å². The monoisotopic (exact) mass is 357 g/mol. The molecule has 2 rings (SSSR count). The highest BCUT2D eigenvalue weighted by atomic mass is 79.9. The second-order valence-electron chi connectivity index (χ2n) is 4.63. The normalized spacial score (nSPS) is 12.1. The average Bonchev–Trinajstić information content (AvgIpc) is 2.78. The van der Waals surface area contributed by atoms with E-state index in [1.54, 1.807) is 43.1 Å². The number of rotatable bonds is 4. The van der Waals surface area contributed by atoms with Crippen LogP contribution in [-0.2, 0) is 23.6 Å². The molecule has 20 heavy (non-hydrogen) atoms. The van der Waals surface area contributed by atoms with Crippen LogP contribution in [0.4, 0.5) is 0 Å². The first kappa shape index (κ1) is 15.2. The number of hydrogen-bond acceptors (Lipinski definition) is 3. The van der Waals surface area contributed by atoms with Crippen LogP contribution in [0.5, 0.6) is 0 Å². The molecule has 0 bridgehead atoms. The van der Waals surface area contributed by atoms with Crippen molar-refractivity contribution in [3.8, 4) is 0 Å². The second-order valence-corrected chi connectivity index (χ2v) is 7.55. The number of nitrogens with zero attached hydrogens (tertiary/aromatic N) is 3. The van der Waals surface area contributed by atoms with Crippen molar-refractivity contribution in [2.75, 3.05) is 7.05 Å². The SMILES string of the molecule is Cc1ccc(Br)cc1S(=O)(=O)N(C)Cc1nccn1C. The molecule has 1 heterocycles. The van der Waals surface area contributed by atoms with Gasteiger partial charge < -0.3 is 4.57 Å². The molecule has 5 nitrogen and oxygen atoms in total. The molecular formula is C13H16BrN3O2S. The first-order valence-corrected chi connectivity index (χ1v) is 8.24. The van der Waals surface area contributed by atoms with Gasteiger partial charge >= 0.3 is 0 Å². The molecular weight excluding hydrogens is 342 g/mol. The second kappa shape index (κ2) is 5.67. The number of halogens is 1. The number of aromatic nitrogens is 2. The van der Waals surface area contributed by atoms with Gasteiger partial charge in [0.05, 0.1) is 11.4 Å². The average molecular weight is 358 g/mol. The fraction of sp³-hybridized carbons (Fsp3) is 0.308. The summed E-state index contributed by atoms with van der Waals surface area (Å²) in [5, 5.41) is 0. The Kier molecular flexibility index (Phi) is 4.31. The maximum atomic E-state index is 12.6. The molecule has 7 heteroatoms. The van der Waals surface area contributed by atoms with E-state index < -0.39 is 10.0 Å². The third-order valence-corrected chi connectivity index (χ3v) is 5.56. The first-order valence-electron chi connectivity index (χ1n) is 6.01. The van der Waals surface area contributed by atoms with Crippen LogP contribution in [0.1, 0.15) is 11.4 Å². The Labute approximate surface area is 127 Å². The lowest BCUT2D eigenvalue weighted by molar-refractivity contribution is 0.451. The van der Waals surface area contributed by atoms with Crippen LogP contribution < -0.4 is 0 Å². The minimum Gasteiger partial charge on any atom is -0.337 e. The van der Waals surface area contributed by atoms with E-state index in [9.17, 15) is 8.42 Å². The Morgan fingerprint density at radius 3 is 2.70 bits per heavy atom. The molecule has 0 fully saturated rings. The highest BCUT2D eigenvalue weighted by molar-refractivity contribution is 9.10. The maximum absolute atomic E-state index is 12.6. The van der Waals surface area contributed by atoms with E-state index >= 15 is 0 Å². The molecule has 0 aliphatic rings. The van der Waals surface area contributed by atoms with Gasteiger partial charge in [0, 0.05) is 31.0 Å². The van der Waals surface area contributed by atoms with Gasteiger partial charge in [-0.1, -0.05) is 22.0 Å². The number of aryl methyl sites for hydroxylation is 2. The quantitative estimate of drug-likeness (QED) is 0.843. The first-order chi connectivity index (χ1) is 9.32. The minimum atomic E-state index is -3.53. The summed E-state index contributed by atoms with van der Waals surface area (Å²) in [5.41, 5.74) is 0.722. The summed E-state index contributed by atoms with van der Waals surface area (Å²) in [4.78, 5) is 4.46. The summed E-state index contributed by atoms with van der Waals surface area (Å²) in [6, 6.07) is 5.23. The van der Waals surface area contributed by atoms with Crippen LogP contribution >= 0.6 is 15.9 Å². The molecule has 0 saturated heterocycles. The van der Waals surface area contributed by atoms with E-state index in [0.717, 1.165) is 10.0 Å². The molecule has 0 aliphatic carbocycles. The highest BCUT2D eigenvalue weighted by Gasteiger charge is 2.24. The third kappa shape index (κ3) is 2.94. The van der Waals surface area contributed by atoms with E-state index in [-0.39, 0.29) is 6.54 Å². The Bertz CT molecular complexity index is 725. The number of benzene rings is 1. The molecule has 0 atom stereocenters. The smallest absolute Gasteiger partial charge is 0.243 e. The summed E-state index contributed by atoms with van der Waals surface area (Å²) in [6.07, 6.45) is 3.44. The molecule has 1 aromatic carbocycles. The molecule has 2 aromatic rings. The predicted molar refractivity (Wildman–Crippen MR) is 80.7 cm³/mol. The molecule has 108 valence electrons. The van der Waals surface area contributed by atoms with Gasteiger partial charge in [0.15, 0.2) is 0 Å². The fourth-order valence-electron chi connectivity index (χ4n) is 1.85. The zero-order chi connectivity index (χ0) is 14.9. The Balaban J connectivity index is 2.35. The summed E-state index contributed by atoms with van der Waals surface area (Å²) < 4.78 is 29.1. The van der Waals surface area contributed by atoms with Gasteiger partial charge in [-0.15, -0.1) is 0 Å². The molecule has 0 unspecified atom stereocenters. The zero-order valence-corrected chi connectivity index (χ0v) is 13.9. The number of sulfonamides is 1. The molecule has 0 amide bonds. The third-order valence-electron chi connectivity index (χ3n) is 3.12. The van der Waals surface area contributed by atoms with Crippen molar-refractivity contribution >= 4 is 26.0 Å². The van der Waals surface area contributed by atoms with Gasteiger partial charge in [-0.25, -0.2) is 13.4 Å². The van der Waals surface area contributed by atoms with Gasteiger partial charge in [0.1, 0.15) is 5.82 Å². The topological polar surface area (TPSA) is 55.2 Å². The lowest BCUT2D eigenvalue weighted by Gasteiger charge is -2.18. The molecule has 0 N–H and O–H groups in total. The van der Waals surface area contributed by atoms with Crippen molar-refractivity contribution in [2.24, 2.45) is 7.05 Å². The Morgan fingerprint density at radius 2 is 2.10 bits per heavy atom. The van der Waals surface area contributed by atoms with Crippen molar-refractivity contribution in [1.82, 2.24) is 13.9 Å². The van der Waals surface area contributed by atoms with E-state index in [2.05, 4.69) is 20.9 Å². The van der Waals surface area contributed by atoms with Crippen molar-refractivity contribution in [1.29, 1.82) is 0 Å². The molecule has 0 spiro atoms. The Hall–Kier alpha value is -1.18. The lowest BCUT2D eigenvalue weighted by atomic mass is 10.2. The summed E-state index contributed by atoms with van der Waals surface area (Å²) in [7, 11) is -0.135. The van der Waals surface area contributed by atoms with Gasteiger partial charge in [0.2, 0.25) is 10.0 Å². The molecule has 0 radical (unpaired) electrons. The zero-order valence-electron chi connectivity index (χ0n) is 11.5. The lowest BCUT2D eigenvalue weighted by Crippen LogP contribution is -2.28. The van der Waals surface area contributed by atoms with Gasteiger partial charge in [-0.05, 0) is 24.6 Å². The number of imidazole rings is 1. The van der Waals surface area contributed by atoms with Crippen LogP contribution in [0.2, 0.25) is 0 Å². The molecule has 1 aromatic heterocycles. The van der Waals surface area contributed by atoms with Crippen molar-refractivity contribution < 1.29 is 8.42 Å². The Morgan fingerprint density at radius 1 is 1.40 bits per heavy atom. The largest absolute Gasteiger partial charge is 0.337 e. The standard InChI is InChI=1S/C13H16BrN3O2S/c1-10-4-5-11(14)8-12(10)20(18,19)17(3)9-13-15-6-7-16(13)2/h4-8H,9H2,1-3H3. The van der Waals surface area contributed by atoms with Crippen molar-refractivity contribution in [3.63, 3.8) is 0 Å². The van der Waals surface area contributed by atoms with Crippen molar-refractivity contribution in [2.45, 2.75) is 18.4 Å². The molecule has 0 aliphatic heterocycles. The molecule has 0 saturated carbocycles. The van der Waals surface area contributed by atoms with Gasteiger partial charge in [-0.2, -0.15) is 4.31 Å². The predicted octanol–water partition coefficient (Wildman–Crippen LogP) is 2.31. The summed E-state index contributed by atoms with van der Waals surface area (Å²) >= 11 is 3.31.